The van der Waals surface area contributed by atoms with Crippen LogP contribution in [-0.4, -0.2) is 29.5 Å². The molecule has 0 unspecified atom stereocenters. The molecule has 1 amide bonds. The highest BCUT2D eigenvalue weighted by Crippen LogP contribution is 2.29. The summed E-state index contributed by atoms with van der Waals surface area (Å²) >= 11 is 0. The number of nitrogens with zero attached hydrogens (tertiary/aromatic N) is 1. The normalized spacial score (nSPS) is 12.1. The Morgan fingerprint density at radius 3 is 2.33 bits per heavy atom. The maximum absolute atomic E-state index is 13.7. The van der Waals surface area contributed by atoms with E-state index in [0.717, 1.165) is 18.2 Å². The Morgan fingerprint density at radius 2 is 1.86 bits per heavy atom. The highest BCUT2D eigenvalue weighted by atomic mass is 19.4. The average Bonchev–Trinajstić information content (AvgIpc) is 2.26. The molecule has 1 aromatic rings. The van der Waals surface area contributed by atoms with Crippen molar-refractivity contribution in [2.75, 3.05) is 11.4 Å². The van der Waals surface area contributed by atoms with Crippen LogP contribution in [0.5, 0.6) is 5.75 Å². The number of phenolic OH excluding ortho intramolecular Hbond substituents is 1. The third kappa shape index (κ3) is 5.49. The number of carbonyl (C=O) groups excluding carboxylic acids is 1. The fourth-order valence-electron chi connectivity index (χ4n) is 1.45. The minimum atomic E-state index is -4.76. The fraction of sp³-hybridized carbons (Fsp3) is 0.462. The van der Waals surface area contributed by atoms with Gasteiger partial charge in [0.05, 0.1) is 5.69 Å². The lowest BCUT2D eigenvalue weighted by Crippen LogP contribution is -2.42. The molecule has 0 aliphatic carbocycles. The zero-order valence-corrected chi connectivity index (χ0v) is 11.7. The molecule has 0 radical (unpaired) electrons. The second-order valence-corrected chi connectivity index (χ2v) is 5.32. The number of anilines is 1. The monoisotopic (exact) mass is 309 g/mol. The standard InChI is InChI=1S/C13H15F4NO3/c1-12(2,3)21-11(20)18(7-13(15,16)17)10-6-8(19)4-5-9(10)14/h4-6,19H,7H2,1-3H3. The molecule has 0 aliphatic heterocycles. The summed E-state index contributed by atoms with van der Waals surface area (Å²) in [6.45, 7) is 2.67. The SMILES string of the molecule is CC(C)(C)OC(=O)N(CC(F)(F)F)c1cc(O)ccc1F. The lowest BCUT2D eigenvalue weighted by atomic mass is 10.2. The highest BCUT2D eigenvalue weighted by Gasteiger charge is 2.37. The fourth-order valence-corrected chi connectivity index (χ4v) is 1.45. The first-order valence-corrected chi connectivity index (χ1v) is 5.95. The van der Waals surface area contributed by atoms with E-state index >= 15 is 0 Å². The quantitative estimate of drug-likeness (QED) is 0.845. The first-order chi connectivity index (χ1) is 9.39. The Balaban J connectivity index is 3.19. The van der Waals surface area contributed by atoms with Crippen LogP contribution in [0.25, 0.3) is 0 Å². The molecule has 0 fully saturated rings. The van der Waals surface area contributed by atoms with E-state index in [1.807, 2.05) is 0 Å². The molecule has 0 bridgehead atoms. The zero-order chi connectivity index (χ0) is 16.4. The van der Waals surface area contributed by atoms with Crippen LogP contribution in [-0.2, 0) is 4.74 Å². The minimum absolute atomic E-state index is 0.0975. The van der Waals surface area contributed by atoms with Gasteiger partial charge in [0.25, 0.3) is 0 Å². The molecule has 8 heteroatoms. The molecular formula is C13H15F4NO3. The number of aromatic hydroxyl groups is 1. The third-order valence-corrected chi connectivity index (χ3v) is 2.17. The predicted molar refractivity (Wildman–Crippen MR) is 67.7 cm³/mol. The molecular weight excluding hydrogens is 294 g/mol. The lowest BCUT2D eigenvalue weighted by molar-refractivity contribution is -0.119. The number of amides is 1. The topological polar surface area (TPSA) is 49.8 Å². The number of phenols is 1. The molecule has 0 saturated heterocycles. The number of alkyl halides is 3. The molecule has 1 N–H and O–H groups in total. The van der Waals surface area contributed by atoms with Gasteiger partial charge in [0.1, 0.15) is 23.7 Å². The lowest BCUT2D eigenvalue weighted by Gasteiger charge is -2.28. The summed E-state index contributed by atoms with van der Waals surface area (Å²) < 4.78 is 56.2. The van der Waals surface area contributed by atoms with E-state index in [2.05, 4.69) is 0 Å². The van der Waals surface area contributed by atoms with E-state index in [-0.39, 0.29) is 4.90 Å². The van der Waals surface area contributed by atoms with Gasteiger partial charge in [-0.15, -0.1) is 0 Å². The van der Waals surface area contributed by atoms with Gasteiger partial charge < -0.3 is 9.84 Å². The molecule has 0 spiro atoms. The minimum Gasteiger partial charge on any atom is -0.508 e. The summed E-state index contributed by atoms with van der Waals surface area (Å²) in [5.41, 5.74) is -1.75. The van der Waals surface area contributed by atoms with Gasteiger partial charge in [-0.1, -0.05) is 0 Å². The smallest absolute Gasteiger partial charge is 0.415 e. The van der Waals surface area contributed by atoms with E-state index in [1.54, 1.807) is 0 Å². The van der Waals surface area contributed by atoms with Gasteiger partial charge in [-0.3, -0.25) is 4.90 Å². The molecule has 1 rings (SSSR count). The van der Waals surface area contributed by atoms with E-state index in [4.69, 9.17) is 4.74 Å². The van der Waals surface area contributed by atoms with Gasteiger partial charge in [-0.05, 0) is 32.9 Å². The molecule has 4 nitrogen and oxygen atoms in total. The number of hydrogen-bond donors (Lipinski definition) is 1. The molecule has 0 atom stereocenters. The van der Waals surface area contributed by atoms with E-state index < -0.39 is 41.7 Å². The zero-order valence-electron chi connectivity index (χ0n) is 11.7. The third-order valence-electron chi connectivity index (χ3n) is 2.17. The number of hydrogen-bond acceptors (Lipinski definition) is 3. The Hall–Kier alpha value is -1.99. The van der Waals surface area contributed by atoms with Crippen molar-refractivity contribution in [3.05, 3.63) is 24.0 Å². The molecule has 21 heavy (non-hydrogen) atoms. The average molecular weight is 309 g/mol. The van der Waals surface area contributed by atoms with Crippen LogP contribution >= 0.6 is 0 Å². The van der Waals surface area contributed by atoms with Gasteiger partial charge in [0.15, 0.2) is 0 Å². The van der Waals surface area contributed by atoms with Crippen molar-refractivity contribution < 1.29 is 32.2 Å². The van der Waals surface area contributed by atoms with Crippen LogP contribution in [0.15, 0.2) is 18.2 Å². The van der Waals surface area contributed by atoms with Crippen LogP contribution in [0.1, 0.15) is 20.8 Å². The Kier molecular flexibility index (Phi) is 4.70. The number of benzene rings is 1. The van der Waals surface area contributed by atoms with Gasteiger partial charge in [-0.25, -0.2) is 9.18 Å². The summed E-state index contributed by atoms with van der Waals surface area (Å²) in [6.07, 6.45) is -6.11. The van der Waals surface area contributed by atoms with Crippen LogP contribution in [0.2, 0.25) is 0 Å². The highest BCUT2D eigenvalue weighted by molar-refractivity contribution is 5.88. The molecule has 0 heterocycles. The van der Waals surface area contributed by atoms with Crippen molar-refractivity contribution in [3.8, 4) is 5.75 Å². The Morgan fingerprint density at radius 1 is 1.29 bits per heavy atom. The Labute approximate surface area is 118 Å². The summed E-state index contributed by atoms with van der Waals surface area (Å²) in [4.78, 5) is 12.0. The Bertz CT molecular complexity index is 523. The number of rotatable bonds is 2. The van der Waals surface area contributed by atoms with Crippen molar-refractivity contribution in [1.29, 1.82) is 0 Å². The van der Waals surface area contributed by atoms with Gasteiger partial charge in [0.2, 0.25) is 0 Å². The van der Waals surface area contributed by atoms with E-state index in [0.29, 0.717) is 0 Å². The van der Waals surface area contributed by atoms with Gasteiger partial charge >= 0.3 is 12.3 Å². The molecule has 1 aromatic carbocycles. The summed E-state index contributed by atoms with van der Waals surface area (Å²) in [7, 11) is 0. The molecule has 0 aliphatic rings. The summed E-state index contributed by atoms with van der Waals surface area (Å²) in [6, 6.07) is 2.45. The number of ether oxygens (including phenoxy) is 1. The van der Waals surface area contributed by atoms with Crippen molar-refractivity contribution in [2.45, 2.75) is 32.5 Å². The summed E-state index contributed by atoms with van der Waals surface area (Å²) in [5.74, 6) is -1.55. The van der Waals surface area contributed by atoms with Crippen molar-refractivity contribution in [2.24, 2.45) is 0 Å². The van der Waals surface area contributed by atoms with Crippen molar-refractivity contribution >= 4 is 11.8 Å². The number of halogens is 4. The van der Waals surface area contributed by atoms with Crippen molar-refractivity contribution in [3.63, 3.8) is 0 Å². The van der Waals surface area contributed by atoms with Gasteiger partial charge in [-0.2, -0.15) is 13.2 Å². The predicted octanol–water partition coefficient (Wildman–Crippen LogP) is 3.84. The first-order valence-electron chi connectivity index (χ1n) is 5.95. The van der Waals surface area contributed by atoms with Crippen LogP contribution < -0.4 is 4.90 Å². The molecule has 0 aromatic heterocycles. The first kappa shape index (κ1) is 17.1. The maximum Gasteiger partial charge on any atom is 0.415 e. The number of carbonyl (C=O) groups is 1. The second-order valence-electron chi connectivity index (χ2n) is 5.32. The summed E-state index contributed by atoms with van der Waals surface area (Å²) in [5, 5.41) is 9.27. The van der Waals surface area contributed by atoms with Gasteiger partial charge in [0, 0.05) is 6.07 Å². The maximum atomic E-state index is 13.7. The molecule has 118 valence electrons. The van der Waals surface area contributed by atoms with Crippen molar-refractivity contribution in [1.82, 2.24) is 0 Å². The second kappa shape index (κ2) is 5.79. The van der Waals surface area contributed by atoms with Crippen LogP contribution in [0.4, 0.5) is 28.0 Å². The van der Waals surface area contributed by atoms with Crippen LogP contribution in [0, 0.1) is 5.82 Å². The molecule has 0 saturated carbocycles. The van der Waals surface area contributed by atoms with Crippen LogP contribution in [0.3, 0.4) is 0 Å². The van der Waals surface area contributed by atoms with E-state index in [1.165, 1.54) is 20.8 Å². The van der Waals surface area contributed by atoms with E-state index in [9.17, 15) is 27.5 Å². The largest absolute Gasteiger partial charge is 0.508 e.